The van der Waals surface area contributed by atoms with Crippen molar-refractivity contribution in [1.82, 2.24) is 5.32 Å². The van der Waals surface area contributed by atoms with E-state index < -0.39 is 0 Å². The summed E-state index contributed by atoms with van der Waals surface area (Å²) in [6, 6.07) is 0. The molecule has 0 heterocycles. The first-order valence-corrected chi connectivity index (χ1v) is 2.82. The molecule has 7 heavy (non-hydrogen) atoms. The molecule has 0 aliphatic rings. The first kappa shape index (κ1) is 6.92. The Labute approximate surface area is 45.1 Å². The maximum Gasteiger partial charge on any atom is -0.00370 e. The third-order valence-electron chi connectivity index (χ3n) is 0.808. The molecule has 0 aromatic carbocycles. The van der Waals surface area contributed by atoms with Gasteiger partial charge in [0.2, 0.25) is 0 Å². The first-order chi connectivity index (χ1) is 3.41. The molecule has 2 heteroatoms. The highest BCUT2D eigenvalue weighted by Crippen LogP contribution is 1.66. The Hall–Kier alpha value is -0.0800. The molecule has 3 N–H and O–H groups in total. The van der Waals surface area contributed by atoms with Crippen LogP contribution in [0, 0.1) is 0 Å². The monoisotopic (exact) mass is 102 g/mol. The molecule has 0 atom stereocenters. The van der Waals surface area contributed by atoms with Crippen LogP contribution in [0.25, 0.3) is 0 Å². The highest BCUT2D eigenvalue weighted by atomic mass is 14.8. The second-order valence-electron chi connectivity index (χ2n) is 1.50. The Morgan fingerprint density at radius 2 is 2.29 bits per heavy atom. The van der Waals surface area contributed by atoms with E-state index in [2.05, 4.69) is 12.2 Å². The molecular weight excluding hydrogens is 88.1 g/mol. The van der Waals surface area contributed by atoms with Crippen molar-refractivity contribution in [3.05, 3.63) is 0 Å². The van der Waals surface area contributed by atoms with Gasteiger partial charge in [-0.1, -0.05) is 6.92 Å². The molecule has 2 nitrogen and oxygen atoms in total. The van der Waals surface area contributed by atoms with E-state index in [0.717, 1.165) is 26.1 Å². The van der Waals surface area contributed by atoms with Gasteiger partial charge in [-0.25, -0.2) is 0 Å². The standard InChI is InChI=1S/C5H14N2/c1-2-7-5-3-4-6/h7H,2-6H2,1H3. The summed E-state index contributed by atoms with van der Waals surface area (Å²) in [4.78, 5) is 0. The van der Waals surface area contributed by atoms with Gasteiger partial charge in [-0.2, -0.15) is 0 Å². The zero-order valence-electron chi connectivity index (χ0n) is 4.91. The van der Waals surface area contributed by atoms with Gasteiger partial charge in [0.1, 0.15) is 0 Å². The summed E-state index contributed by atoms with van der Waals surface area (Å²) in [6.07, 6.45) is 1.09. The maximum absolute atomic E-state index is 5.23. The summed E-state index contributed by atoms with van der Waals surface area (Å²) >= 11 is 0. The largest absolute Gasteiger partial charge is 0.330 e. The Morgan fingerprint density at radius 1 is 1.57 bits per heavy atom. The lowest BCUT2D eigenvalue weighted by molar-refractivity contribution is 0.679. The number of nitrogens with one attached hydrogen (secondary N) is 1. The molecule has 0 spiro atoms. The van der Waals surface area contributed by atoms with E-state index >= 15 is 0 Å². The van der Waals surface area contributed by atoms with Crippen LogP contribution in [-0.2, 0) is 0 Å². The average molecular weight is 102 g/mol. The van der Waals surface area contributed by atoms with Gasteiger partial charge in [0.25, 0.3) is 0 Å². The van der Waals surface area contributed by atoms with Crippen LogP contribution in [0.15, 0.2) is 0 Å². The Kier molecular flexibility index (Phi) is 5.85. The third-order valence-corrected chi connectivity index (χ3v) is 0.808. The van der Waals surface area contributed by atoms with Gasteiger partial charge in [0.05, 0.1) is 0 Å². The Bertz CT molecular complexity index is 25.3. The minimum atomic E-state index is 0.799. The second-order valence-corrected chi connectivity index (χ2v) is 1.50. The van der Waals surface area contributed by atoms with Crippen LogP contribution in [0.4, 0.5) is 0 Å². The summed E-state index contributed by atoms with van der Waals surface area (Å²) in [6.45, 7) is 5.01. The van der Waals surface area contributed by atoms with Crippen molar-refractivity contribution in [3.8, 4) is 0 Å². The smallest absolute Gasteiger partial charge is 0.00370 e. The van der Waals surface area contributed by atoms with Crippen molar-refractivity contribution in [2.45, 2.75) is 13.3 Å². The van der Waals surface area contributed by atoms with Gasteiger partial charge in [0, 0.05) is 0 Å². The van der Waals surface area contributed by atoms with Crippen molar-refractivity contribution in [1.29, 1.82) is 0 Å². The predicted molar refractivity (Wildman–Crippen MR) is 32.2 cm³/mol. The van der Waals surface area contributed by atoms with Crippen molar-refractivity contribution in [3.63, 3.8) is 0 Å². The van der Waals surface area contributed by atoms with Crippen LogP contribution in [0.2, 0.25) is 0 Å². The number of rotatable bonds is 4. The van der Waals surface area contributed by atoms with Crippen LogP contribution in [0.3, 0.4) is 0 Å². The lowest BCUT2D eigenvalue weighted by atomic mass is 10.4. The van der Waals surface area contributed by atoms with Crippen molar-refractivity contribution in [2.75, 3.05) is 19.6 Å². The zero-order chi connectivity index (χ0) is 5.54. The molecule has 0 aromatic rings. The molecule has 0 fully saturated rings. The van der Waals surface area contributed by atoms with Gasteiger partial charge in [0.15, 0.2) is 0 Å². The minimum absolute atomic E-state index is 0.799. The van der Waals surface area contributed by atoms with E-state index in [9.17, 15) is 0 Å². The van der Waals surface area contributed by atoms with Crippen LogP contribution in [-0.4, -0.2) is 19.6 Å². The van der Waals surface area contributed by atoms with E-state index in [1.54, 1.807) is 0 Å². The summed E-state index contributed by atoms with van der Waals surface area (Å²) in [5.41, 5.74) is 5.23. The van der Waals surface area contributed by atoms with E-state index in [4.69, 9.17) is 5.73 Å². The molecule has 0 aliphatic heterocycles. The van der Waals surface area contributed by atoms with Gasteiger partial charge in [-0.15, -0.1) is 0 Å². The molecule has 0 saturated heterocycles. The van der Waals surface area contributed by atoms with Gasteiger partial charge >= 0.3 is 0 Å². The fourth-order valence-electron chi connectivity index (χ4n) is 0.404. The van der Waals surface area contributed by atoms with Crippen LogP contribution in [0.5, 0.6) is 0 Å². The molecular formula is C5H14N2. The van der Waals surface area contributed by atoms with Crippen LogP contribution < -0.4 is 11.1 Å². The highest BCUT2D eigenvalue weighted by Gasteiger charge is 1.77. The van der Waals surface area contributed by atoms with Crippen LogP contribution >= 0.6 is 0 Å². The maximum atomic E-state index is 5.23. The molecule has 44 valence electrons. The Balaban J connectivity index is 2.45. The topological polar surface area (TPSA) is 38.0 Å². The molecule has 0 amide bonds. The highest BCUT2D eigenvalue weighted by molar-refractivity contribution is 4.42. The molecule has 0 unspecified atom stereocenters. The third kappa shape index (κ3) is 5.92. The van der Waals surface area contributed by atoms with Crippen LogP contribution in [0.1, 0.15) is 13.3 Å². The lowest BCUT2D eigenvalue weighted by Gasteiger charge is -1.95. The van der Waals surface area contributed by atoms with Crippen molar-refractivity contribution < 1.29 is 0 Å². The molecule has 0 bridgehead atoms. The summed E-state index contributed by atoms with van der Waals surface area (Å²) < 4.78 is 0. The van der Waals surface area contributed by atoms with E-state index in [1.165, 1.54) is 0 Å². The normalized spacial score (nSPS) is 9.43. The lowest BCUT2D eigenvalue weighted by Crippen LogP contribution is -2.17. The predicted octanol–water partition coefficient (Wildman–Crippen LogP) is -0.0553. The number of nitrogens with two attached hydrogens (primary N) is 1. The fourth-order valence-corrected chi connectivity index (χ4v) is 0.404. The quantitative estimate of drug-likeness (QED) is 0.488. The van der Waals surface area contributed by atoms with E-state index in [1.807, 2.05) is 0 Å². The molecule has 0 aromatic heterocycles. The van der Waals surface area contributed by atoms with Crippen molar-refractivity contribution in [2.24, 2.45) is 5.73 Å². The Morgan fingerprint density at radius 3 is 2.71 bits per heavy atom. The second kappa shape index (κ2) is 5.92. The number of hydrogen-bond acceptors (Lipinski definition) is 2. The first-order valence-electron chi connectivity index (χ1n) is 2.82. The molecule has 0 rings (SSSR count). The fraction of sp³-hybridized carbons (Fsp3) is 1.00. The summed E-state index contributed by atoms with van der Waals surface area (Å²) in [5.74, 6) is 0. The minimum Gasteiger partial charge on any atom is -0.330 e. The summed E-state index contributed by atoms with van der Waals surface area (Å²) in [7, 11) is 0. The van der Waals surface area contributed by atoms with Crippen molar-refractivity contribution >= 4 is 0 Å². The summed E-state index contributed by atoms with van der Waals surface area (Å²) in [5, 5.41) is 3.17. The molecule has 0 aliphatic carbocycles. The number of hydrogen-bond donors (Lipinski definition) is 2. The van der Waals surface area contributed by atoms with E-state index in [-0.39, 0.29) is 0 Å². The zero-order valence-corrected chi connectivity index (χ0v) is 4.91. The van der Waals surface area contributed by atoms with E-state index in [0.29, 0.717) is 0 Å². The SMILES string of the molecule is CCNCCCN. The van der Waals surface area contributed by atoms with Gasteiger partial charge < -0.3 is 11.1 Å². The average Bonchev–Trinajstić information content (AvgIpc) is 1.69. The molecule has 0 radical (unpaired) electrons. The van der Waals surface area contributed by atoms with Gasteiger partial charge in [-0.05, 0) is 26.1 Å². The van der Waals surface area contributed by atoms with Gasteiger partial charge in [-0.3, -0.25) is 0 Å². The molecule has 0 saturated carbocycles.